The second-order valence-electron chi connectivity index (χ2n) is 8.62. The fourth-order valence-corrected chi connectivity index (χ4v) is 4.36. The molecule has 4 heterocycles. The molecule has 4 aromatic rings. The van der Waals surface area contributed by atoms with Crippen LogP contribution in [0.4, 0.5) is 16.2 Å². The van der Waals surface area contributed by atoms with E-state index in [0.29, 0.717) is 37.5 Å². The molecular formula is C24H25N7O4. The number of aromatic nitrogens is 4. The number of anilines is 2. The number of rotatable bonds is 5. The van der Waals surface area contributed by atoms with Crippen LogP contribution in [0.1, 0.15) is 29.0 Å². The number of piperidine rings is 1. The molecule has 1 saturated heterocycles. The Labute approximate surface area is 200 Å². The monoisotopic (exact) mass is 475 g/mol. The van der Waals surface area contributed by atoms with Crippen molar-refractivity contribution in [3.05, 3.63) is 54.3 Å². The minimum Gasteiger partial charge on any atom is -0.465 e. The van der Waals surface area contributed by atoms with E-state index >= 15 is 0 Å². The predicted octanol–water partition coefficient (Wildman–Crippen LogP) is 3.42. The van der Waals surface area contributed by atoms with Crippen LogP contribution in [-0.4, -0.2) is 56.0 Å². The molecule has 0 radical (unpaired) electrons. The second kappa shape index (κ2) is 9.09. The molecule has 0 unspecified atom stereocenters. The lowest BCUT2D eigenvalue weighted by Gasteiger charge is -2.34. The average Bonchev–Trinajstić information content (AvgIpc) is 3.45. The maximum absolute atomic E-state index is 13.1. The Morgan fingerprint density at radius 1 is 1.20 bits per heavy atom. The Kier molecular flexibility index (Phi) is 5.81. The first-order valence-electron chi connectivity index (χ1n) is 11.3. The first-order valence-corrected chi connectivity index (χ1v) is 11.3. The number of carboxylic acid groups (broad SMARTS) is 1. The van der Waals surface area contributed by atoms with Crippen LogP contribution in [0.25, 0.3) is 22.4 Å². The fourth-order valence-electron chi connectivity index (χ4n) is 4.36. The van der Waals surface area contributed by atoms with Crippen molar-refractivity contribution in [1.82, 2.24) is 25.1 Å². The van der Waals surface area contributed by atoms with E-state index < -0.39 is 12.0 Å². The van der Waals surface area contributed by atoms with Gasteiger partial charge in [-0.1, -0.05) is 0 Å². The second-order valence-corrected chi connectivity index (χ2v) is 8.62. The molecule has 35 heavy (non-hydrogen) atoms. The van der Waals surface area contributed by atoms with E-state index in [1.54, 1.807) is 16.9 Å². The van der Waals surface area contributed by atoms with Crippen LogP contribution in [0.2, 0.25) is 0 Å². The minimum atomic E-state index is -1.01. The third kappa shape index (κ3) is 4.79. The zero-order valence-corrected chi connectivity index (χ0v) is 19.4. The molecule has 5 rings (SSSR count). The molecule has 3 aromatic heterocycles. The van der Waals surface area contributed by atoms with E-state index in [1.807, 2.05) is 38.4 Å². The minimum absolute atomic E-state index is 0.0919. The molecule has 11 nitrogen and oxygen atoms in total. The Morgan fingerprint density at radius 2 is 2.00 bits per heavy atom. The van der Waals surface area contributed by atoms with Gasteiger partial charge < -0.3 is 25.1 Å². The first kappa shape index (κ1) is 22.4. The van der Waals surface area contributed by atoms with Gasteiger partial charge in [0.05, 0.1) is 16.9 Å². The number of benzene rings is 1. The fraction of sp³-hybridized carbons (Fsp3) is 0.292. The maximum atomic E-state index is 13.1. The summed E-state index contributed by atoms with van der Waals surface area (Å²) in [5, 5.41) is 19.9. The molecule has 11 heteroatoms. The molecular weight excluding hydrogens is 450 g/mol. The summed E-state index contributed by atoms with van der Waals surface area (Å²) in [5.41, 5.74) is 3.99. The molecule has 1 aliphatic rings. The number of oxazole rings is 1. The number of hydrogen-bond acceptors (Lipinski definition) is 7. The Morgan fingerprint density at radius 3 is 2.74 bits per heavy atom. The van der Waals surface area contributed by atoms with Gasteiger partial charge in [-0.3, -0.25) is 14.5 Å². The van der Waals surface area contributed by atoms with Gasteiger partial charge in [0, 0.05) is 55.2 Å². The maximum Gasteiger partial charge on any atom is 0.404 e. The highest BCUT2D eigenvalue weighted by Crippen LogP contribution is 2.33. The van der Waals surface area contributed by atoms with Gasteiger partial charge in [0.1, 0.15) is 6.26 Å². The van der Waals surface area contributed by atoms with Crippen molar-refractivity contribution in [2.24, 2.45) is 7.05 Å². The molecule has 0 bridgehead atoms. The molecule has 2 amide bonds. The van der Waals surface area contributed by atoms with Gasteiger partial charge in [-0.25, -0.2) is 9.78 Å². The van der Waals surface area contributed by atoms with Crippen LogP contribution >= 0.6 is 0 Å². The summed E-state index contributed by atoms with van der Waals surface area (Å²) in [6.07, 6.45) is 5.21. The van der Waals surface area contributed by atoms with Crippen molar-refractivity contribution in [2.45, 2.75) is 25.8 Å². The first-order chi connectivity index (χ1) is 16.9. The average molecular weight is 476 g/mol. The molecule has 0 aliphatic carbocycles. The van der Waals surface area contributed by atoms with Crippen LogP contribution in [-0.2, 0) is 7.05 Å². The van der Waals surface area contributed by atoms with E-state index in [-0.39, 0.29) is 11.7 Å². The summed E-state index contributed by atoms with van der Waals surface area (Å²) in [6, 6.07) is 7.36. The number of nitrogens with one attached hydrogen (secondary N) is 2. The van der Waals surface area contributed by atoms with Crippen molar-refractivity contribution in [1.29, 1.82) is 0 Å². The number of aryl methyl sites for hydroxylation is 2. The van der Waals surface area contributed by atoms with Gasteiger partial charge in [0.2, 0.25) is 5.89 Å². The number of amides is 2. The molecule has 0 saturated carbocycles. The molecule has 180 valence electrons. The van der Waals surface area contributed by atoms with E-state index in [1.165, 1.54) is 6.26 Å². The summed E-state index contributed by atoms with van der Waals surface area (Å²) in [7, 11) is 1.85. The third-order valence-corrected chi connectivity index (χ3v) is 6.03. The number of hydrogen-bond donors (Lipinski definition) is 3. The van der Waals surface area contributed by atoms with E-state index in [4.69, 9.17) is 9.52 Å². The zero-order valence-electron chi connectivity index (χ0n) is 19.4. The van der Waals surface area contributed by atoms with Crippen LogP contribution in [0, 0.1) is 6.92 Å². The summed E-state index contributed by atoms with van der Waals surface area (Å²) >= 11 is 0. The molecule has 1 aromatic carbocycles. The highest BCUT2D eigenvalue weighted by molar-refractivity contribution is 6.06. The number of carbonyl (C=O) groups is 2. The van der Waals surface area contributed by atoms with Crippen molar-refractivity contribution in [3.63, 3.8) is 0 Å². The predicted molar refractivity (Wildman–Crippen MR) is 130 cm³/mol. The number of pyridine rings is 1. The van der Waals surface area contributed by atoms with Crippen molar-refractivity contribution >= 4 is 34.3 Å². The summed E-state index contributed by atoms with van der Waals surface area (Å²) < 4.78 is 7.28. The quantitative estimate of drug-likeness (QED) is 0.399. The molecule has 0 atom stereocenters. The van der Waals surface area contributed by atoms with Crippen molar-refractivity contribution < 1.29 is 19.1 Å². The van der Waals surface area contributed by atoms with Gasteiger partial charge in [0.15, 0.2) is 5.69 Å². The lowest BCUT2D eigenvalue weighted by atomic mass is 10.0. The lowest BCUT2D eigenvalue weighted by molar-refractivity contribution is 0.102. The summed E-state index contributed by atoms with van der Waals surface area (Å²) in [5.74, 6) is -0.0470. The third-order valence-electron chi connectivity index (χ3n) is 6.03. The zero-order chi connectivity index (χ0) is 24.5. The Bertz CT molecular complexity index is 1400. The van der Waals surface area contributed by atoms with Crippen molar-refractivity contribution in [3.8, 4) is 11.5 Å². The smallest absolute Gasteiger partial charge is 0.404 e. The van der Waals surface area contributed by atoms with Gasteiger partial charge in [0.25, 0.3) is 5.91 Å². The SMILES string of the molecule is Cc1cc(-c2nc(C(=O)Nc3cc4cn(C)nc4cc3N3CCC(NC(=O)O)CC3)co2)ccn1. The number of nitrogens with zero attached hydrogens (tertiary/aromatic N) is 5. The largest absolute Gasteiger partial charge is 0.465 e. The van der Waals surface area contributed by atoms with Crippen molar-refractivity contribution in [2.75, 3.05) is 23.3 Å². The summed E-state index contributed by atoms with van der Waals surface area (Å²) in [6.45, 7) is 3.15. The number of fused-ring (bicyclic) bond motifs is 1. The Hall–Kier alpha value is -4.41. The number of carbonyl (C=O) groups excluding carboxylic acids is 1. The van der Waals surface area contributed by atoms with Crippen LogP contribution in [0.3, 0.4) is 0 Å². The highest BCUT2D eigenvalue weighted by Gasteiger charge is 2.24. The van der Waals surface area contributed by atoms with Gasteiger partial charge >= 0.3 is 6.09 Å². The summed E-state index contributed by atoms with van der Waals surface area (Å²) in [4.78, 5) is 34.8. The van der Waals surface area contributed by atoms with E-state index in [9.17, 15) is 9.59 Å². The molecule has 1 fully saturated rings. The standard InChI is InChI=1S/C24H25N7O4/c1-14-9-15(3-6-25-14)23-28-20(13-35-23)22(32)27-19-10-16-12-30(2)29-18(16)11-21(19)31-7-4-17(5-8-31)26-24(33)34/h3,6,9-13,17,26H,4-5,7-8H2,1-2H3,(H,27,32)(H,33,34). The van der Waals surface area contributed by atoms with Gasteiger partial charge in [-0.05, 0) is 44.0 Å². The topological polar surface area (TPSA) is 138 Å². The van der Waals surface area contributed by atoms with Gasteiger partial charge in [-0.2, -0.15) is 5.10 Å². The lowest BCUT2D eigenvalue weighted by Crippen LogP contribution is -2.44. The highest BCUT2D eigenvalue weighted by atomic mass is 16.4. The molecule has 1 aliphatic heterocycles. The van der Waals surface area contributed by atoms with E-state index in [0.717, 1.165) is 27.8 Å². The van der Waals surface area contributed by atoms with Crippen LogP contribution in [0.15, 0.2) is 47.3 Å². The van der Waals surface area contributed by atoms with Crippen LogP contribution < -0.4 is 15.5 Å². The molecule has 3 N–H and O–H groups in total. The van der Waals surface area contributed by atoms with E-state index in [2.05, 4.69) is 30.6 Å². The normalized spacial score (nSPS) is 14.3. The van der Waals surface area contributed by atoms with Crippen LogP contribution in [0.5, 0.6) is 0 Å². The van der Waals surface area contributed by atoms with Gasteiger partial charge in [-0.15, -0.1) is 0 Å². The molecule has 0 spiro atoms. The Balaban J connectivity index is 1.40.